The van der Waals surface area contributed by atoms with Crippen LogP contribution in [0.4, 0.5) is 0 Å². The quantitative estimate of drug-likeness (QED) is 0.799. The Bertz CT molecular complexity index is 713. The van der Waals surface area contributed by atoms with Gasteiger partial charge in [-0.3, -0.25) is 4.79 Å². The summed E-state index contributed by atoms with van der Waals surface area (Å²) in [5.74, 6) is 0.556. The van der Waals surface area contributed by atoms with Crippen molar-refractivity contribution < 1.29 is 4.79 Å². The second-order valence-electron chi connectivity index (χ2n) is 7.36. The maximum atomic E-state index is 12.4. The van der Waals surface area contributed by atoms with Gasteiger partial charge in [0.15, 0.2) is 0 Å². The van der Waals surface area contributed by atoms with E-state index in [1.54, 1.807) is 0 Å². The van der Waals surface area contributed by atoms with E-state index in [2.05, 4.69) is 52.0 Å². The van der Waals surface area contributed by atoms with Gasteiger partial charge in [-0.05, 0) is 69.4 Å². The fourth-order valence-corrected chi connectivity index (χ4v) is 3.37. The Morgan fingerprint density at radius 3 is 2.36 bits per heavy atom. The third-order valence-electron chi connectivity index (χ3n) is 4.52. The Balaban J connectivity index is 2.15. The molecule has 1 aromatic heterocycles. The summed E-state index contributed by atoms with van der Waals surface area (Å²) in [6, 6.07) is 7.87. The number of benzene rings is 1. The van der Waals surface area contributed by atoms with Crippen molar-refractivity contribution in [2.75, 3.05) is 0 Å². The molecular formula is C21H31N3O. The maximum absolute atomic E-state index is 12.4. The van der Waals surface area contributed by atoms with Gasteiger partial charge in [0.25, 0.3) is 5.91 Å². The molecule has 1 aromatic carbocycles. The first-order chi connectivity index (χ1) is 11.8. The summed E-state index contributed by atoms with van der Waals surface area (Å²) >= 11 is 0. The number of aromatic nitrogens is 2. The maximum Gasteiger partial charge on any atom is 0.251 e. The van der Waals surface area contributed by atoms with Gasteiger partial charge in [0.05, 0.1) is 11.4 Å². The number of hydrogen-bond donors (Lipinski definition) is 1. The Labute approximate surface area is 151 Å². The normalized spacial score (nSPS) is 12.4. The molecule has 1 atom stereocenters. The zero-order valence-corrected chi connectivity index (χ0v) is 16.4. The highest BCUT2D eigenvalue weighted by atomic mass is 16.1. The molecule has 0 radical (unpaired) electrons. The average Bonchev–Trinajstić information content (AvgIpc) is 2.82. The van der Waals surface area contributed by atoms with E-state index >= 15 is 0 Å². The van der Waals surface area contributed by atoms with E-state index in [4.69, 9.17) is 0 Å². The lowest BCUT2D eigenvalue weighted by molar-refractivity contribution is 0.0936. The third kappa shape index (κ3) is 4.71. The fraction of sp³-hybridized carbons (Fsp3) is 0.524. The number of aryl methyl sites for hydroxylation is 1. The number of carbonyl (C=O) groups is 1. The van der Waals surface area contributed by atoms with Crippen LogP contribution in [0, 0.1) is 19.8 Å². The van der Waals surface area contributed by atoms with E-state index in [1.165, 1.54) is 11.3 Å². The lowest BCUT2D eigenvalue weighted by Crippen LogP contribution is -2.33. The zero-order valence-electron chi connectivity index (χ0n) is 16.4. The van der Waals surface area contributed by atoms with Crippen LogP contribution < -0.4 is 5.32 Å². The number of hydrogen-bond acceptors (Lipinski definition) is 2. The number of rotatable bonds is 7. The first kappa shape index (κ1) is 19.2. The largest absolute Gasteiger partial charge is 0.350 e. The fourth-order valence-electron chi connectivity index (χ4n) is 3.37. The summed E-state index contributed by atoms with van der Waals surface area (Å²) in [5, 5.41) is 7.74. The molecule has 0 saturated carbocycles. The van der Waals surface area contributed by atoms with Crippen LogP contribution >= 0.6 is 0 Å². The van der Waals surface area contributed by atoms with Gasteiger partial charge in [0.2, 0.25) is 0 Å². The van der Waals surface area contributed by atoms with Crippen molar-refractivity contribution in [1.82, 2.24) is 15.1 Å². The Kier molecular flexibility index (Phi) is 6.40. The first-order valence-electron chi connectivity index (χ1n) is 9.29. The van der Waals surface area contributed by atoms with Crippen molar-refractivity contribution in [1.29, 1.82) is 0 Å². The van der Waals surface area contributed by atoms with E-state index in [1.807, 2.05) is 28.9 Å². The number of nitrogens with zero attached hydrogens (tertiary/aromatic N) is 2. The molecule has 25 heavy (non-hydrogen) atoms. The van der Waals surface area contributed by atoms with Gasteiger partial charge in [0, 0.05) is 17.3 Å². The topological polar surface area (TPSA) is 46.9 Å². The zero-order chi connectivity index (χ0) is 18.6. The summed E-state index contributed by atoms with van der Waals surface area (Å²) in [6.07, 6.45) is 3.14. The molecule has 4 heteroatoms. The van der Waals surface area contributed by atoms with Crippen molar-refractivity contribution in [2.45, 2.75) is 66.8 Å². The van der Waals surface area contributed by atoms with Gasteiger partial charge in [-0.2, -0.15) is 5.10 Å². The molecular weight excluding hydrogens is 310 g/mol. The van der Waals surface area contributed by atoms with Gasteiger partial charge in [-0.1, -0.05) is 27.2 Å². The Morgan fingerprint density at radius 1 is 1.16 bits per heavy atom. The van der Waals surface area contributed by atoms with Crippen LogP contribution in [0.1, 0.15) is 67.8 Å². The monoisotopic (exact) mass is 341 g/mol. The molecule has 0 bridgehead atoms. The van der Waals surface area contributed by atoms with Crippen LogP contribution in [0.3, 0.4) is 0 Å². The van der Waals surface area contributed by atoms with Crippen molar-refractivity contribution in [2.24, 2.45) is 5.92 Å². The van der Waals surface area contributed by atoms with Gasteiger partial charge >= 0.3 is 0 Å². The smallest absolute Gasteiger partial charge is 0.251 e. The van der Waals surface area contributed by atoms with E-state index in [-0.39, 0.29) is 11.9 Å². The minimum atomic E-state index is -0.0141. The molecule has 2 aromatic rings. The molecule has 0 saturated heterocycles. The molecule has 136 valence electrons. The Morgan fingerprint density at radius 2 is 1.80 bits per heavy atom. The van der Waals surface area contributed by atoms with E-state index in [9.17, 15) is 4.79 Å². The molecule has 0 aliphatic rings. The second kappa shape index (κ2) is 8.32. The van der Waals surface area contributed by atoms with Crippen LogP contribution in [0.25, 0.3) is 5.69 Å². The van der Waals surface area contributed by atoms with Crippen LogP contribution in [0.15, 0.2) is 24.3 Å². The number of nitrogens with one attached hydrogen (secondary N) is 1. The standard InChI is InChI=1S/C21H31N3O/c1-7-8-20-16(5)23-24(17(20)6)19-11-9-18(10-12-19)21(25)22-15(4)13-14(2)3/h9-12,14-15H,7-8,13H2,1-6H3,(H,22,25). The van der Waals surface area contributed by atoms with E-state index in [0.29, 0.717) is 11.5 Å². The van der Waals surface area contributed by atoms with E-state index in [0.717, 1.165) is 30.6 Å². The van der Waals surface area contributed by atoms with Crippen molar-refractivity contribution in [3.05, 3.63) is 46.8 Å². The lowest BCUT2D eigenvalue weighted by Gasteiger charge is -2.16. The molecule has 0 aliphatic heterocycles. The van der Waals surface area contributed by atoms with Gasteiger partial charge in [-0.15, -0.1) is 0 Å². The summed E-state index contributed by atoms with van der Waals surface area (Å²) in [7, 11) is 0. The minimum Gasteiger partial charge on any atom is -0.350 e. The molecule has 0 spiro atoms. The van der Waals surface area contributed by atoms with E-state index < -0.39 is 0 Å². The number of amides is 1. The highest BCUT2D eigenvalue weighted by molar-refractivity contribution is 5.94. The molecule has 1 heterocycles. The molecule has 1 unspecified atom stereocenters. The minimum absolute atomic E-state index is 0.0141. The molecule has 1 amide bonds. The van der Waals surface area contributed by atoms with Crippen LogP contribution in [-0.4, -0.2) is 21.7 Å². The first-order valence-corrected chi connectivity index (χ1v) is 9.29. The predicted octanol–water partition coefficient (Wildman–Crippen LogP) is 4.61. The molecule has 4 nitrogen and oxygen atoms in total. The van der Waals surface area contributed by atoms with Gasteiger partial charge in [0.1, 0.15) is 0 Å². The highest BCUT2D eigenvalue weighted by Gasteiger charge is 2.14. The summed E-state index contributed by atoms with van der Waals surface area (Å²) in [6.45, 7) is 12.7. The second-order valence-corrected chi connectivity index (χ2v) is 7.36. The third-order valence-corrected chi connectivity index (χ3v) is 4.52. The molecule has 2 rings (SSSR count). The van der Waals surface area contributed by atoms with Crippen molar-refractivity contribution in [3.8, 4) is 5.69 Å². The van der Waals surface area contributed by atoms with Crippen LogP contribution in [0.5, 0.6) is 0 Å². The van der Waals surface area contributed by atoms with Crippen molar-refractivity contribution in [3.63, 3.8) is 0 Å². The molecule has 1 N–H and O–H groups in total. The van der Waals surface area contributed by atoms with Crippen LogP contribution in [0.2, 0.25) is 0 Å². The average molecular weight is 341 g/mol. The molecule has 0 fully saturated rings. The van der Waals surface area contributed by atoms with Gasteiger partial charge in [-0.25, -0.2) is 4.68 Å². The van der Waals surface area contributed by atoms with Crippen molar-refractivity contribution >= 4 is 5.91 Å². The predicted molar refractivity (Wildman–Crippen MR) is 103 cm³/mol. The number of carbonyl (C=O) groups excluding carboxylic acids is 1. The summed E-state index contributed by atoms with van der Waals surface area (Å²) in [5.41, 5.74) is 5.28. The summed E-state index contributed by atoms with van der Waals surface area (Å²) < 4.78 is 1.98. The molecule has 0 aliphatic carbocycles. The van der Waals surface area contributed by atoms with Crippen LogP contribution in [-0.2, 0) is 6.42 Å². The Hall–Kier alpha value is -2.10. The highest BCUT2D eigenvalue weighted by Crippen LogP contribution is 2.19. The summed E-state index contributed by atoms with van der Waals surface area (Å²) in [4.78, 5) is 12.4. The SMILES string of the molecule is CCCc1c(C)nn(-c2ccc(C(=O)NC(C)CC(C)C)cc2)c1C. The lowest BCUT2D eigenvalue weighted by atomic mass is 10.0. The van der Waals surface area contributed by atoms with Gasteiger partial charge < -0.3 is 5.32 Å².